The van der Waals surface area contributed by atoms with Crippen molar-refractivity contribution in [2.75, 3.05) is 26.2 Å². The fraction of sp³-hybridized carbons (Fsp3) is 0.333. The van der Waals surface area contributed by atoms with Gasteiger partial charge in [0, 0.05) is 26.2 Å². The number of hydrogen-bond donors (Lipinski definition) is 1. The summed E-state index contributed by atoms with van der Waals surface area (Å²) in [6.45, 7) is 5.06. The van der Waals surface area contributed by atoms with Crippen LogP contribution in [-0.2, 0) is 15.6 Å². The second-order valence-electron chi connectivity index (χ2n) is 9.52. The molecular weight excluding hydrogens is 514 g/mol. The maximum Gasteiger partial charge on any atom is 0.415 e. The van der Waals surface area contributed by atoms with E-state index in [1.54, 1.807) is 36.9 Å². The van der Waals surface area contributed by atoms with E-state index in [1.807, 2.05) is 36.4 Å². The van der Waals surface area contributed by atoms with Crippen molar-refractivity contribution in [2.45, 2.75) is 37.2 Å². The predicted octanol–water partition coefficient (Wildman–Crippen LogP) is 4.74. The Hall–Kier alpha value is -3.71. The predicted molar refractivity (Wildman–Crippen MR) is 147 cm³/mol. The molecule has 4 rings (SSSR count). The van der Waals surface area contributed by atoms with E-state index in [9.17, 15) is 23.6 Å². The van der Waals surface area contributed by atoms with E-state index in [1.165, 1.54) is 28.6 Å². The van der Waals surface area contributed by atoms with Crippen LogP contribution in [0, 0.1) is 17.2 Å². The van der Waals surface area contributed by atoms with Crippen molar-refractivity contribution in [1.29, 1.82) is 5.26 Å². The Bertz CT molecular complexity index is 1430. The van der Waals surface area contributed by atoms with Crippen molar-refractivity contribution < 1.29 is 23.1 Å². The van der Waals surface area contributed by atoms with Crippen molar-refractivity contribution in [3.63, 3.8) is 0 Å². The first-order valence-electron chi connectivity index (χ1n) is 13.1. The number of aliphatic hydroxyl groups is 1. The number of rotatable bonds is 8. The quantitative estimate of drug-likeness (QED) is 0.436. The summed E-state index contributed by atoms with van der Waals surface area (Å²) >= 11 is 0. The molecule has 1 aliphatic rings. The molecule has 0 aromatic heterocycles. The molecule has 204 valence electrons. The zero-order chi connectivity index (χ0) is 28.0. The number of piperidine rings is 1. The van der Waals surface area contributed by atoms with Crippen LogP contribution >= 0.6 is 0 Å². The third-order valence-electron chi connectivity index (χ3n) is 7.36. The average molecular weight is 548 g/mol. The van der Waals surface area contributed by atoms with Gasteiger partial charge in [-0.3, -0.25) is 0 Å². The number of carbonyl (C=O) groups excluding carboxylic acids is 1. The van der Waals surface area contributed by atoms with Gasteiger partial charge in [-0.25, -0.2) is 13.2 Å². The number of ether oxygens (including phenoxy) is 1. The number of likely N-dealkylation sites (tertiary alicyclic amines) is 1. The van der Waals surface area contributed by atoms with Crippen molar-refractivity contribution in [3.8, 4) is 11.8 Å². The molecule has 0 saturated carbocycles. The van der Waals surface area contributed by atoms with E-state index in [0.29, 0.717) is 50.1 Å². The lowest BCUT2D eigenvalue weighted by Gasteiger charge is -2.42. The molecule has 1 heterocycles. The monoisotopic (exact) mass is 547 g/mol. The molecule has 1 atom stereocenters. The molecule has 1 saturated heterocycles. The Labute approximate surface area is 230 Å². The lowest BCUT2D eigenvalue weighted by atomic mass is 9.72. The van der Waals surface area contributed by atoms with Gasteiger partial charge in [0.25, 0.3) is 0 Å². The van der Waals surface area contributed by atoms with Gasteiger partial charge in [-0.2, -0.15) is 9.57 Å². The van der Waals surface area contributed by atoms with Gasteiger partial charge < -0.3 is 14.7 Å². The summed E-state index contributed by atoms with van der Waals surface area (Å²) in [6.07, 6.45) is 0.527. The third-order valence-corrected chi connectivity index (χ3v) is 9.43. The molecule has 0 bridgehead atoms. The number of nitrogens with zero attached hydrogens (tertiary/aromatic N) is 3. The van der Waals surface area contributed by atoms with E-state index < -0.39 is 21.7 Å². The van der Waals surface area contributed by atoms with Gasteiger partial charge in [0.05, 0.1) is 16.5 Å². The second kappa shape index (κ2) is 12.0. The fourth-order valence-corrected chi connectivity index (χ4v) is 6.65. The molecule has 9 heteroatoms. The minimum absolute atomic E-state index is 0.146. The topological polar surface area (TPSA) is 111 Å². The summed E-state index contributed by atoms with van der Waals surface area (Å²) < 4.78 is 32.3. The van der Waals surface area contributed by atoms with Crippen LogP contribution in [0.15, 0.2) is 83.8 Å². The van der Waals surface area contributed by atoms with E-state index in [4.69, 9.17) is 4.74 Å². The first-order valence-corrected chi connectivity index (χ1v) is 14.5. The summed E-state index contributed by atoms with van der Waals surface area (Å²) in [5.41, 5.74) is 0.532. The Kier molecular flexibility index (Phi) is 8.70. The van der Waals surface area contributed by atoms with Crippen LogP contribution in [0.3, 0.4) is 0 Å². The highest BCUT2D eigenvalue weighted by Gasteiger charge is 2.42. The molecule has 3 aromatic carbocycles. The minimum atomic E-state index is -3.60. The zero-order valence-electron chi connectivity index (χ0n) is 22.2. The molecule has 0 aliphatic carbocycles. The molecule has 3 aromatic rings. The van der Waals surface area contributed by atoms with E-state index in [0.717, 1.165) is 5.56 Å². The van der Waals surface area contributed by atoms with E-state index >= 15 is 0 Å². The first kappa shape index (κ1) is 28.3. The van der Waals surface area contributed by atoms with Gasteiger partial charge in [-0.15, -0.1) is 0 Å². The SMILES string of the molecule is CCN(CC)S(=O)(=O)c1ccc(OC(=O)N2CCC(C(O)(c3ccccc3)c3cccc(C#N)c3)CC2)cc1. The van der Waals surface area contributed by atoms with Gasteiger partial charge >= 0.3 is 6.09 Å². The molecule has 8 nitrogen and oxygen atoms in total. The number of sulfonamides is 1. The van der Waals surface area contributed by atoms with Crippen LogP contribution < -0.4 is 4.74 Å². The maximum atomic E-state index is 12.9. The lowest BCUT2D eigenvalue weighted by molar-refractivity contribution is -0.0116. The number of benzene rings is 3. The van der Waals surface area contributed by atoms with Crippen molar-refractivity contribution in [3.05, 3.63) is 95.6 Å². The number of nitriles is 1. The van der Waals surface area contributed by atoms with Crippen molar-refractivity contribution in [1.82, 2.24) is 9.21 Å². The summed E-state index contributed by atoms with van der Waals surface area (Å²) in [7, 11) is -3.60. The van der Waals surface area contributed by atoms with Crippen LogP contribution in [0.1, 0.15) is 43.4 Å². The molecule has 39 heavy (non-hydrogen) atoms. The van der Waals surface area contributed by atoms with Crippen LogP contribution in [0.25, 0.3) is 0 Å². The van der Waals surface area contributed by atoms with Crippen LogP contribution in [0.5, 0.6) is 5.75 Å². The molecule has 0 radical (unpaired) electrons. The molecule has 1 amide bonds. The second-order valence-corrected chi connectivity index (χ2v) is 11.5. The number of hydrogen-bond acceptors (Lipinski definition) is 6. The summed E-state index contributed by atoms with van der Waals surface area (Å²) in [5, 5.41) is 21.5. The Morgan fingerprint density at radius 1 is 1.00 bits per heavy atom. The van der Waals surface area contributed by atoms with Crippen molar-refractivity contribution >= 4 is 16.1 Å². The average Bonchev–Trinajstić information content (AvgIpc) is 2.98. The Morgan fingerprint density at radius 3 is 2.21 bits per heavy atom. The molecule has 1 unspecified atom stereocenters. The summed E-state index contributed by atoms with van der Waals surface area (Å²) in [4.78, 5) is 14.6. The summed E-state index contributed by atoms with van der Waals surface area (Å²) in [6, 6.07) is 24.4. The van der Waals surface area contributed by atoms with Crippen LogP contribution in [0.2, 0.25) is 0 Å². The smallest absolute Gasteiger partial charge is 0.410 e. The number of amides is 1. The minimum Gasteiger partial charge on any atom is -0.410 e. The zero-order valence-corrected chi connectivity index (χ0v) is 23.0. The highest BCUT2D eigenvalue weighted by atomic mass is 32.2. The summed E-state index contributed by atoms with van der Waals surface area (Å²) in [5.74, 6) is 0.0668. The van der Waals surface area contributed by atoms with Gasteiger partial charge in [0.1, 0.15) is 11.4 Å². The fourth-order valence-electron chi connectivity index (χ4n) is 5.19. The molecule has 1 aliphatic heterocycles. The first-order chi connectivity index (χ1) is 18.7. The third kappa shape index (κ3) is 5.83. The van der Waals surface area contributed by atoms with Gasteiger partial charge in [0.15, 0.2) is 0 Å². The van der Waals surface area contributed by atoms with Gasteiger partial charge in [0.2, 0.25) is 10.0 Å². The standard InChI is InChI=1S/C30H33N3O5S/c1-3-33(4-2)39(36,37)28-15-13-27(14-16-28)38-29(34)32-19-17-25(18-20-32)30(35,24-10-6-5-7-11-24)26-12-8-9-23(21-26)22-31/h5-16,21,25,35H,3-4,17-20H2,1-2H3. The van der Waals surface area contributed by atoms with Crippen LogP contribution in [-0.4, -0.2) is 55.0 Å². The lowest BCUT2D eigenvalue weighted by Crippen LogP contribution is -2.46. The molecular formula is C30H33N3O5S. The molecule has 1 fully saturated rings. The molecule has 1 N–H and O–H groups in total. The maximum absolute atomic E-state index is 12.9. The van der Waals surface area contributed by atoms with Crippen LogP contribution in [0.4, 0.5) is 4.79 Å². The van der Waals surface area contributed by atoms with Gasteiger partial charge in [-0.05, 0) is 66.3 Å². The Balaban J connectivity index is 1.46. The normalized spacial score (nSPS) is 15.9. The molecule has 0 spiro atoms. The highest BCUT2D eigenvalue weighted by molar-refractivity contribution is 7.89. The van der Waals surface area contributed by atoms with Crippen molar-refractivity contribution in [2.24, 2.45) is 5.92 Å². The largest absolute Gasteiger partial charge is 0.415 e. The van der Waals surface area contributed by atoms with E-state index in [2.05, 4.69) is 6.07 Å². The Morgan fingerprint density at radius 2 is 1.62 bits per heavy atom. The van der Waals surface area contributed by atoms with Gasteiger partial charge in [-0.1, -0.05) is 56.3 Å². The highest BCUT2D eigenvalue weighted by Crippen LogP contribution is 2.42. The number of carbonyl (C=O) groups is 1. The van der Waals surface area contributed by atoms with E-state index in [-0.39, 0.29) is 16.6 Å².